The van der Waals surface area contributed by atoms with Crippen molar-refractivity contribution in [3.63, 3.8) is 0 Å². The molecular weight excluding hydrogens is 510 g/mol. The first-order valence-corrected chi connectivity index (χ1v) is 13.5. The summed E-state index contributed by atoms with van der Waals surface area (Å²) in [5.74, 6) is -1.33. The number of aryl methyl sites for hydroxylation is 1. The third-order valence-corrected chi connectivity index (χ3v) is 8.26. The van der Waals surface area contributed by atoms with E-state index >= 15 is 0 Å². The second kappa shape index (κ2) is 9.35. The molecule has 0 unspecified atom stereocenters. The maximum absolute atomic E-state index is 14.2. The van der Waals surface area contributed by atoms with Gasteiger partial charge in [-0.15, -0.1) is 0 Å². The quantitative estimate of drug-likeness (QED) is 0.562. The van der Waals surface area contributed by atoms with Gasteiger partial charge in [0.2, 0.25) is 0 Å². The summed E-state index contributed by atoms with van der Waals surface area (Å²) < 4.78 is 13.7. The number of rotatable bonds is 4. The summed E-state index contributed by atoms with van der Waals surface area (Å²) in [6.07, 6.45) is 4.58. The fourth-order valence-corrected chi connectivity index (χ4v) is 6.43. The predicted octanol–water partition coefficient (Wildman–Crippen LogP) is 5.18. The number of ketones is 1. The molecule has 2 atom stereocenters. The number of methoxy groups -OCH3 is 1. The molecule has 0 spiro atoms. The van der Waals surface area contributed by atoms with Crippen LogP contribution in [-0.2, 0) is 14.3 Å². The molecule has 0 saturated carbocycles. The largest absolute Gasteiger partial charge is 0.496 e. The molecule has 2 aromatic rings. The lowest BCUT2D eigenvalue weighted by Crippen LogP contribution is -2.51. The molecule has 3 heterocycles. The molecule has 1 aromatic heterocycles. The van der Waals surface area contributed by atoms with Crippen LogP contribution < -0.4 is 4.74 Å². The molecule has 0 bridgehead atoms. The third-order valence-electron chi connectivity index (χ3n) is 8.26. The molecule has 2 aliphatic heterocycles. The van der Waals surface area contributed by atoms with Crippen molar-refractivity contribution in [2.24, 2.45) is 10.8 Å². The van der Waals surface area contributed by atoms with E-state index in [9.17, 15) is 19.5 Å². The molecular formula is C31H37N3O6. The van der Waals surface area contributed by atoms with E-state index in [0.717, 1.165) is 5.56 Å². The zero-order valence-electron chi connectivity index (χ0n) is 24.4. The van der Waals surface area contributed by atoms with Crippen LogP contribution in [-0.4, -0.2) is 57.6 Å². The fraction of sp³-hybridized carbons (Fsp3) is 0.484. The highest BCUT2D eigenvalue weighted by Crippen LogP contribution is 2.54. The Balaban J connectivity index is 1.85. The van der Waals surface area contributed by atoms with Gasteiger partial charge in [0.15, 0.2) is 5.78 Å². The monoisotopic (exact) mass is 547 g/mol. The molecule has 0 fully saturated rings. The average Bonchev–Trinajstić information content (AvgIpc) is 3.28. The summed E-state index contributed by atoms with van der Waals surface area (Å²) in [4.78, 5) is 42.8. The van der Waals surface area contributed by atoms with Crippen molar-refractivity contribution in [2.45, 2.75) is 72.8 Å². The van der Waals surface area contributed by atoms with E-state index in [1.54, 1.807) is 36.5 Å². The minimum Gasteiger partial charge on any atom is -0.496 e. The number of allylic oxidation sites excluding steroid dienone is 2. The van der Waals surface area contributed by atoms with Crippen LogP contribution in [0, 0.1) is 17.8 Å². The van der Waals surface area contributed by atoms with Gasteiger partial charge in [0, 0.05) is 49.7 Å². The second-order valence-electron chi connectivity index (χ2n) is 13.0. The van der Waals surface area contributed by atoms with Gasteiger partial charge in [-0.1, -0.05) is 34.6 Å². The van der Waals surface area contributed by atoms with Crippen molar-refractivity contribution in [1.82, 2.24) is 14.7 Å². The molecule has 3 aliphatic rings. The van der Waals surface area contributed by atoms with Crippen molar-refractivity contribution < 1.29 is 29.0 Å². The van der Waals surface area contributed by atoms with Gasteiger partial charge in [0.1, 0.15) is 17.3 Å². The van der Waals surface area contributed by atoms with Crippen molar-refractivity contribution in [3.8, 4) is 11.4 Å². The second-order valence-corrected chi connectivity index (χ2v) is 13.0. The summed E-state index contributed by atoms with van der Waals surface area (Å²) >= 11 is 0. The van der Waals surface area contributed by atoms with E-state index in [4.69, 9.17) is 9.47 Å². The molecule has 0 radical (unpaired) electrons. The minimum absolute atomic E-state index is 0.0703. The van der Waals surface area contributed by atoms with Gasteiger partial charge in [-0.2, -0.15) is 5.10 Å². The summed E-state index contributed by atoms with van der Waals surface area (Å²) in [7, 11) is 3.22. The number of likely N-dealkylation sites (N-methyl/N-ethyl adjacent to an activating group) is 1. The Morgan fingerprint density at radius 1 is 1.15 bits per heavy atom. The number of Topliss-reactive ketones (excluding diaryl/α,β-unsaturated/α-hetero) is 1. The number of carboxylic acids is 1. The van der Waals surface area contributed by atoms with Gasteiger partial charge in [-0.3, -0.25) is 9.59 Å². The highest BCUT2D eigenvalue weighted by Gasteiger charge is 2.51. The minimum atomic E-state index is -1.21. The van der Waals surface area contributed by atoms with Gasteiger partial charge in [0.05, 0.1) is 36.0 Å². The summed E-state index contributed by atoms with van der Waals surface area (Å²) in [6, 6.07) is 3.17. The van der Waals surface area contributed by atoms with Crippen molar-refractivity contribution >= 4 is 17.7 Å². The topological polar surface area (TPSA) is 111 Å². The highest BCUT2D eigenvalue weighted by atomic mass is 16.5. The maximum atomic E-state index is 14.2. The Morgan fingerprint density at radius 2 is 1.85 bits per heavy atom. The van der Waals surface area contributed by atoms with Gasteiger partial charge < -0.3 is 19.5 Å². The molecule has 1 N–H and O–H groups in total. The average molecular weight is 548 g/mol. The lowest BCUT2D eigenvalue weighted by molar-refractivity contribution is -0.132. The van der Waals surface area contributed by atoms with Crippen LogP contribution in [0.3, 0.4) is 0 Å². The summed E-state index contributed by atoms with van der Waals surface area (Å²) in [5.41, 5.74) is 1.42. The van der Waals surface area contributed by atoms with Gasteiger partial charge in [-0.25, -0.2) is 9.48 Å². The van der Waals surface area contributed by atoms with E-state index < -0.39 is 11.9 Å². The molecule has 1 aliphatic carbocycles. The SMILES string of the molecule is COc1ccc(-n2cc(C)cn2)c(C(=O)O)c1[C@H]1C2=C(CC(C)(C)CC2=O)OC2=C1C(=O)N(C)[C@H](C(C)(C)C)C2. The lowest BCUT2D eigenvalue weighted by Gasteiger charge is -2.47. The molecule has 5 rings (SSSR count). The van der Waals surface area contributed by atoms with Crippen molar-refractivity contribution in [3.05, 3.63) is 63.9 Å². The number of ether oxygens (including phenoxy) is 2. The Morgan fingerprint density at radius 3 is 2.42 bits per heavy atom. The Kier molecular flexibility index (Phi) is 6.47. The van der Waals surface area contributed by atoms with Crippen LogP contribution in [0.25, 0.3) is 5.69 Å². The zero-order chi connectivity index (χ0) is 29.3. The Labute approximate surface area is 234 Å². The van der Waals surface area contributed by atoms with Gasteiger partial charge in [0.25, 0.3) is 5.91 Å². The molecule has 40 heavy (non-hydrogen) atoms. The summed E-state index contributed by atoms with van der Waals surface area (Å²) in [6.45, 7) is 12.1. The van der Waals surface area contributed by atoms with Crippen LogP contribution in [0.5, 0.6) is 5.75 Å². The number of carbonyl (C=O) groups excluding carboxylic acids is 2. The van der Waals surface area contributed by atoms with Gasteiger partial charge in [-0.05, 0) is 35.4 Å². The third kappa shape index (κ3) is 4.41. The Hall–Kier alpha value is -3.88. The van der Waals surface area contributed by atoms with E-state index in [1.165, 1.54) is 11.8 Å². The fourth-order valence-electron chi connectivity index (χ4n) is 6.43. The van der Waals surface area contributed by atoms with Crippen molar-refractivity contribution in [1.29, 1.82) is 0 Å². The number of aromatic carboxylic acids is 1. The maximum Gasteiger partial charge on any atom is 0.338 e. The zero-order valence-corrected chi connectivity index (χ0v) is 24.4. The lowest BCUT2D eigenvalue weighted by atomic mass is 9.67. The molecule has 212 valence electrons. The number of carbonyl (C=O) groups is 3. The van der Waals surface area contributed by atoms with E-state index in [-0.39, 0.29) is 51.9 Å². The number of hydrogen-bond acceptors (Lipinski definition) is 6. The molecule has 9 nitrogen and oxygen atoms in total. The van der Waals surface area contributed by atoms with E-state index in [2.05, 4.69) is 25.9 Å². The molecule has 1 aromatic carbocycles. The first-order chi connectivity index (χ1) is 18.6. The van der Waals surface area contributed by atoms with Crippen LogP contribution in [0.15, 0.2) is 47.2 Å². The Bertz CT molecular complexity index is 1500. The number of hydrogen-bond donors (Lipinski definition) is 1. The predicted molar refractivity (Wildman–Crippen MR) is 148 cm³/mol. The van der Waals surface area contributed by atoms with Crippen LogP contribution in [0.4, 0.5) is 0 Å². The first-order valence-electron chi connectivity index (χ1n) is 13.5. The van der Waals surface area contributed by atoms with E-state index in [0.29, 0.717) is 41.2 Å². The smallest absolute Gasteiger partial charge is 0.338 e. The number of aromatic nitrogens is 2. The molecule has 1 amide bonds. The van der Waals surface area contributed by atoms with Crippen molar-refractivity contribution in [2.75, 3.05) is 14.2 Å². The molecule has 9 heteroatoms. The number of amides is 1. The van der Waals surface area contributed by atoms with Crippen LogP contribution in [0.2, 0.25) is 0 Å². The van der Waals surface area contributed by atoms with Gasteiger partial charge >= 0.3 is 5.97 Å². The highest BCUT2D eigenvalue weighted by molar-refractivity contribution is 6.07. The number of nitrogens with zero attached hydrogens (tertiary/aromatic N) is 3. The first kappa shape index (κ1) is 27.7. The van der Waals surface area contributed by atoms with Crippen LogP contribution >= 0.6 is 0 Å². The van der Waals surface area contributed by atoms with E-state index in [1.807, 2.05) is 20.8 Å². The van der Waals surface area contributed by atoms with Crippen LogP contribution in [0.1, 0.15) is 81.3 Å². The number of carboxylic acid groups (broad SMARTS) is 1. The standard InChI is InChI=1S/C31H37N3O6/c1-16-14-32-34(15-16)17-9-10-19(39-8)25(23(17)29(37)38)27-24-18(35)12-31(5,6)13-21(24)40-20-11-22(30(2,3)4)33(7)28(36)26(20)27/h9-10,14-15,22,27H,11-13H2,1-8H3,(H,37,38)/t22-,27+/m0/s1. The number of benzene rings is 1. The summed E-state index contributed by atoms with van der Waals surface area (Å²) in [5, 5.41) is 15.0. The molecule has 0 saturated heterocycles. The normalized spacial score (nSPS) is 22.6.